The summed E-state index contributed by atoms with van der Waals surface area (Å²) in [5.74, 6) is -1.52. The van der Waals surface area contributed by atoms with Gasteiger partial charge in [-0.15, -0.1) is 0 Å². The number of ether oxygens (including phenoxy) is 4. The van der Waals surface area contributed by atoms with E-state index in [1.807, 2.05) is 72.8 Å². The number of hydrogen-bond acceptors (Lipinski definition) is 10. The molecular formula is C60H60O10. The van der Waals surface area contributed by atoms with Crippen molar-refractivity contribution in [2.45, 2.75) is 100 Å². The number of allylic oxidation sites excluding steroid dienone is 1. The Labute approximate surface area is 408 Å². The molecule has 0 amide bonds. The van der Waals surface area contributed by atoms with E-state index in [1.54, 1.807) is 24.3 Å². The lowest BCUT2D eigenvalue weighted by Gasteiger charge is -2.64. The maximum Gasteiger partial charge on any atom is 0.316 e. The van der Waals surface area contributed by atoms with Crippen LogP contribution in [-0.2, 0) is 37.3 Å². The van der Waals surface area contributed by atoms with Gasteiger partial charge < -0.3 is 39.4 Å². The predicted octanol–water partition coefficient (Wildman–Crippen LogP) is 11.1. The molecule has 4 N–H and O–H groups in total. The van der Waals surface area contributed by atoms with Gasteiger partial charge in [0.05, 0.1) is 25.7 Å². The number of aromatic hydroxyl groups is 3. The van der Waals surface area contributed by atoms with Crippen molar-refractivity contribution in [3.8, 4) is 39.9 Å². The van der Waals surface area contributed by atoms with Crippen molar-refractivity contribution in [3.05, 3.63) is 155 Å². The molecule has 70 heavy (non-hydrogen) atoms. The van der Waals surface area contributed by atoms with Gasteiger partial charge in [0, 0.05) is 24.7 Å². The molecule has 0 aromatic heterocycles. The normalized spacial score (nSPS) is 27.3. The van der Waals surface area contributed by atoms with Crippen molar-refractivity contribution in [3.63, 3.8) is 0 Å². The van der Waals surface area contributed by atoms with Gasteiger partial charge in [0.2, 0.25) is 0 Å². The third-order valence-corrected chi connectivity index (χ3v) is 17.1. The molecule has 3 saturated carbocycles. The SMILES string of the molecule is COc1cc2c(cc1O)[C@@H]1C[C@H](O)[C@H]3Cc4cc(O)c(OC)cc4[C@H]4C[C@H](OC(=O)C5(c6ccc7cc(O)cc(-c8ccccc8)c7c6)CCCC5)C[C@@H](OC(C)=O)[C@@H](C2)[C@]1(/C=C/c1ccccc1)[C@H]34. The molecule has 6 aromatic carbocycles. The van der Waals surface area contributed by atoms with E-state index in [-0.39, 0.29) is 59.2 Å². The second-order valence-corrected chi connectivity index (χ2v) is 20.6. The minimum atomic E-state index is -0.960. The first-order chi connectivity index (χ1) is 33.9. The molecule has 0 bridgehead atoms. The van der Waals surface area contributed by atoms with E-state index < -0.39 is 35.1 Å². The van der Waals surface area contributed by atoms with E-state index in [4.69, 9.17) is 18.9 Å². The highest BCUT2D eigenvalue weighted by molar-refractivity contribution is 5.99. The number of rotatable bonds is 9. The summed E-state index contributed by atoms with van der Waals surface area (Å²) < 4.78 is 25.1. The number of carbonyl (C=O) groups excluding carboxylic acids is 2. The Hall–Kier alpha value is -6.78. The largest absolute Gasteiger partial charge is 0.508 e. The van der Waals surface area contributed by atoms with Crippen LogP contribution in [0, 0.1) is 23.2 Å². The lowest BCUT2D eigenvalue weighted by atomic mass is 9.40. The van der Waals surface area contributed by atoms with Crippen LogP contribution in [0.2, 0.25) is 0 Å². The fourth-order valence-electron chi connectivity index (χ4n) is 14.2. The summed E-state index contributed by atoms with van der Waals surface area (Å²) in [6.07, 6.45) is 7.01. The van der Waals surface area contributed by atoms with Gasteiger partial charge in [0.1, 0.15) is 18.0 Å². The molecule has 0 spiro atoms. The van der Waals surface area contributed by atoms with Crippen molar-refractivity contribution in [1.29, 1.82) is 0 Å². The number of phenols is 3. The Morgan fingerprint density at radius 3 is 2.14 bits per heavy atom. The number of esters is 2. The van der Waals surface area contributed by atoms with Gasteiger partial charge in [0.25, 0.3) is 0 Å². The zero-order valence-corrected chi connectivity index (χ0v) is 39.8. The number of hydrogen-bond donors (Lipinski definition) is 4. The van der Waals surface area contributed by atoms with Crippen molar-refractivity contribution in [2.75, 3.05) is 14.2 Å². The summed E-state index contributed by atoms with van der Waals surface area (Å²) in [6, 6.07) is 37.1. The first-order valence-corrected chi connectivity index (χ1v) is 24.8. The Morgan fingerprint density at radius 2 is 1.41 bits per heavy atom. The lowest BCUT2D eigenvalue weighted by Crippen LogP contribution is -2.62. The number of benzene rings is 6. The molecule has 0 heterocycles. The van der Waals surface area contributed by atoms with E-state index >= 15 is 4.79 Å². The fourth-order valence-corrected chi connectivity index (χ4v) is 14.2. The molecule has 10 nitrogen and oxygen atoms in total. The van der Waals surface area contributed by atoms with Crippen molar-refractivity contribution < 1.29 is 49.0 Å². The van der Waals surface area contributed by atoms with Crippen molar-refractivity contribution in [1.82, 2.24) is 0 Å². The van der Waals surface area contributed by atoms with Crippen LogP contribution in [-0.4, -0.2) is 64.9 Å². The highest BCUT2D eigenvalue weighted by atomic mass is 16.6. The number of fused-ring (bicyclic) bond motifs is 5. The van der Waals surface area contributed by atoms with Crippen LogP contribution in [0.4, 0.5) is 0 Å². The van der Waals surface area contributed by atoms with E-state index in [1.165, 1.54) is 21.1 Å². The zero-order valence-electron chi connectivity index (χ0n) is 39.8. The molecule has 0 saturated heterocycles. The Bertz CT molecular complexity index is 3010. The van der Waals surface area contributed by atoms with Crippen LogP contribution in [0.25, 0.3) is 28.0 Å². The van der Waals surface area contributed by atoms with Crippen molar-refractivity contribution in [2.24, 2.45) is 23.2 Å². The third kappa shape index (κ3) is 7.57. The molecule has 10 heteroatoms. The Morgan fingerprint density at radius 1 is 0.714 bits per heavy atom. The average Bonchev–Trinajstić information content (AvgIpc) is 3.87. The van der Waals surface area contributed by atoms with Crippen LogP contribution in [0.15, 0.2) is 121 Å². The molecular weight excluding hydrogens is 881 g/mol. The molecule has 5 aliphatic carbocycles. The third-order valence-electron chi connectivity index (χ3n) is 17.1. The first kappa shape index (κ1) is 45.7. The fraction of sp³-hybridized carbons (Fsp3) is 0.367. The monoisotopic (exact) mass is 940 g/mol. The molecule has 5 aliphatic rings. The smallest absolute Gasteiger partial charge is 0.316 e. The maximum absolute atomic E-state index is 15.6. The van der Waals surface area contributed by atoms with Gasteiger partial charge in [-0.3, -0.25) is 9.59 Å². The van der Waals surface area contributed by atoms with Crippen molar-refractivity contribution >= 4 is 28.8 Å². The van der Waals surface area contributed by atoms with Crippen LogP contribution in [0.5, 0.6) is 28.7 Å². The molecule has 3 fully saturated rings. The summed E-state index contributed by atoms with van der Waals surface area (Å²) in [5, 5.41) is 48.0. The molecule has 0 unspecified atom stereocenters. The topological polar surface area (TPSA) is 152 Å². The molecule has 6 aromatic rings. The summed E-state index contributed by atoms with van der Waals surface area (Å²) in [5.41, 5.74) is 5.69. The minimum absolute atomic E-state index is 0.0142. The average molecular weight is 941 g/mol. The standard InChI is InChI=1S/C60H60O10/c1-34(61)69-54-30-42(70-58(66)59(19-10-11-20-59)40-17-16-37-22-41(62)28-44(43(37)27-40)36-14-8-5-9-15-36)29-47-45-32-56(68-3)52(64)25-38(45)23-48-51(63)33-49-46-31-53(65)55(67-2)26-39(46)24-50(54)60(49,57(47)48)21-18-35-12-6-4-7-13-35/h4-9,12-18,21-22,25-28,31-32,42,47-51,54,57,62-65H,10-11,19-20,23-24,29-30,33H2,1-3H3/b21-18+/t42-,47+,48+,49-,50+,51-,54+,57-,60+/m0/s1. The van der Waals surface area contributed by atoms with Crippen LogP contribution in [0.1, 0.15) is 97.1 Å². The van der Waals surface area contributed by atoms with Gasteiger partial charge >= 0.3 is 11.9 Å². The highest BCUT2D eigenvalue weighted by Gasteiger charge is 2.65. The predicted molar refractivity (Wildman–Crippen MR) is 267 cm³/mol. The summed E-state index contributed by atoms with van der Waals surface area (Å²) >= 11 is 0. The number of carbonyl (C=O) groups is 2. The minimum Gasteiger partial charge on any atom is -0.508 e. The summed E-state index contributed by atoms with van der Waals surface area (Å²) in [7, 11) is 3.07. The van der Waals surface area contributed by atoms with Crippen LogP contribution < -0.4 is 9.47 Å². The van der Waals surface area contributed by atoms with E-state index in [9.17, 15) is 25.2 Å². The number of aliphatic hydroxyl groups is 1. The first-order valence-electron chi connectivity index (χ1n) is 24.8. The zero-order chi connectivity index (χ0) is 48.5. The van der Waals surface area contributed by atoms with E-state index in [0.717, 1.165) is 68.1 Å². The second-order valence-electron chi connectivity index (χ2n) is 20.6. The highest BCUT2D eigenvalue weighted by Crippen LogP contribution is 2.70. The summed E-state index contributed by atoms with van der Waals surface area (Å²) in [6.45, 7) is 1.43. The molecule has 360 valence electrons. The van der Waals surface area contributed by atoms with Crippen LogP contribution >= 0.6 is 0 Å². The second kappa shape index (κ2) is 17.9. The quantitative estimate of drug-likeness (QED) is 0.103. The van der Waals surface area contributed by atoms with Crippen LogP contribution in [0.3, 0.4) is 0 Å². The van der Waals surface area contributed by atoms with E-state index in [0.29, 0.717) is 50.0 Å². The number of aliphatic hydroxyl groups excluding tert-OH is 1. The number of phenolic OH excluding ortho intramolecular Hbond substituents is 3. The van der Waals surface area contributed by atoms with Gasteiger partial charge in [-0.2, -0.15) is 0 Å². The van der Waals surface area contributed by atoms with Gasteiger partial charge in [0.15, 0.2) is 23.0 Å². The Kier molecular flexibility index (Phi) is 11.7. The maximum atomic E-state index is 15.6. The summed E-state index contributed by atoms with van der Waals surface area (Å²) in [4.78, 5) is 29.2. The lowest BCUT2D eigenvalue weighted by molar-refractivity contribution is -0.178. The Balaban J connectivity index is 1.09. The van der Waals surface area contributed by atoms with Gasteiger partial charge in [-0.1, -0.05) is 97.8 Å². The molecule has 11 rings (SSSR count). The van der Waals surface area contributed by atoms with Gasteiger partial charge in [-0.05, 0) is 160 Å². The molecule has 9 atom stereocenters. The molecule has 0 radical (unpaired) electrons. The number of methoxy groups -OCH3 is 2. The van der Waals surface area contributed by atoms with E-state index in [2.05, 4.69) is 30.4 Å². The molecule has 0 aliphatic heterocycles. The van der Waals surface area contributed by atoms with Gasteiger partial charge in [-0.25, -0.2) is 0 Å².